The van der Waals surface area contributed by atoms with E-state index in [1.165, 1.54) is 16.7 Å². The molecule has 3 amide bonds. The molecule has 7 nitrogen and oxygen atoms in total. The van der Waals surface area contributed by atoms with Gasteiger partial charge in [0.2, 0.25) is 11.8 Å². The number of ether oxygens (including phenoxy) is 1. The second kappa shape index (κ2) is 8.28. The molecule has 3 rings (SSSR count). The zero-order chi connectivity index (χ0) is 18.7. The Balaban J connectivity index is 1.71. The number of rotatable bonds is 5. The summed E-state index contributed by atoms with van der Waals surface area (Å²) in [5.74, 6) is -0.809. The van der Waals surface area contributed by atoms with Crippen LogP contribution in [0.4, 0.5) is 5.69 Å². The van der Waals surface area contributed by atoms with Gasteiger partial charge in [0.25, 0.3) is 5.91 Å². The molecule has 2 heterocycles. The number of nitrogens with zero attached hydrogens (tertiary/aromatic N) is 3. The summed E-state index contributed by atoms with van der Waals surface area (Å²) >= 11 is 3.34. The SMILES string of the molecule is CC(=O)N(CCN1CCOCC1)C1CC(=O)N(c2ccc(Br)cc2)C1=O. The molecule has 0 spiro atoms. The third-order valence-corrected chi connectivity index (χ3v) is 5.28. The average Bonchev–Trinajstić information content (AvgIpc) is 2.91. The van der Waals surface area contributed by atoms with Crippen molar-refractivity contribution in [1.82, 2.24) is 9.80 Å². The Morgan fingerprint density at radius 2 is 1.88 bits per heavy atom. The summed E-state index contributed by atoms with van der Waals surface area (Å²) in [4.78, 5) is 42.4. The molecule has 0 radical (unpaired) electrons. The number of morpholine rings is 1. The second-order valence-corrected chi connectivity index (χ2v) is 7.35. The van der Waals surface area contributed by atoms with Crippen molar-refractivity contribution in [2.45, 2.75) is 19.4 Å². The van der Waals surface area contributed by atoms with Gasteiger partial charge in [0.15, 0.2) is 0 Å². The van der Waals surface area contributed by atoms with Crippen LogP contribution in [0.25, 0.3) is 0 Å². The van der Waals surface area contributed by atoms with Gasteiger partial charge < -0.3 is 9.64 Å². The normalized spacial score (nSPS) is 21.3. The Labute approximate surface area is 161 Å². The quantitative estimate of drug-likeness (QED) is 0.666. The molecule has 0 saturated carbocycles. The maximum Gasteiger partial charge on any atom is 0.257 e. The summed E-state index contributed by atoms with van der Waals surface area (Å²) in [5.41, 5.74) is 0.530. The Hall–Kier alpha value is -1.77. The lowest BCUT2D eigenvalue weighted by Gasteiger charge is -2.31. The van der Waals surface area contributed by atoms with Crippen molar-refractivity contribution < 1.29 is 19.1 Å². The number of amides is 3. The van der Waals surface area contributed by atoms with E-state index in [-0.39, 0.29) is 24.1 Å². The van der Waals surface area contributed by atoms with Crippen LogP contribution in [0.3, 0.4) is 0 Å². The predicted molar refractivity (Wildman–Crippen MR) is 99.7 cm³/mol. The van der Waals surface area contributed by atoms with Crippen molar-refractivity contribution in [3.8, 4) is 0 Å². The van der Waals surface area contributed by atoms with Gasteiger partial charge in [-0.1, -0.05) is 15.9 Å². The van der Waals surface area contributed by atoms with E-state index < -0.39 is 6.04 Å². The molecule has 2 aliphatic rings. The molecule has 0 aliphatic carbocycles. The Kier molecular flexibility index (Phi) is 6.05. The molecular weight excluding hydrogens is 402 g/mol. The van der Waals surface area contributed by atoms with Crippen LogP contribution in [0, 0.1) is 0 Å². The van der Waals surface area contributed by atoms with Crippen LogP contribution in [-0.2, 0) is 19.1 Å². The van der Waals surface area contributed by atoms with Crippen LogP contribution in [0.5, 0.6) is 0 Å². The fourth-order valence-electron chi connectivity index (χ4n) is 3.33. The molecule has 2 aliphatic heterocycles. The first kappa shape index (κ1) is 19.0. The minimum Gasteiger partial charge on any atom is -0.379 e. The molecule has 26 heavy (non-hydrogen) atoms. The first-order chi connectivity index (χ1) is 12.5. The van der Waals surface area contributed by atoms with Crippen LogP contribution in [0.2, 0.25) is 0 Å². The third-order valence-electron chi connectivity index (χ3n) is 4.75. The molecule has 0 N–H and O–H groups in total. The molecule has 1 aromatic carbocycles. The highest BCUT2D eigenvalue weighted by Gasteiger charge is 2.43. The van der Waals surface area contributed by atoms with Crippen molar-refractivity contribution in [2.75, 3.05) is 44.3 Å². The standard InChI is InChI=1S/C18H22BrN3O4/c1-13(23)21(7-6-20-8-10-26-11-9-20)16-12-17(24)22(18(16)25)15-4-2-14(19)3-5-15/h2-5,16H,6-12H2,1H3. The van der Waals surface area contributed by atoms with E-state index in [4.69, 9.17) is 4.74 Å². The zero-order valence-electron chi connectivity index (χ0n) is 14.7. The maximum atomic E-state index is 12.9. The van der Waals surface area contributed by atoms with Crippen LogP contribution in [0.15, 0.2) is 28.7 Å². The van der Waals surface area contributed by atoms with Gasteiger partial charge in [0.05, 0.1) is 25.3 Å². The predicted octanol–water partition coefficient (Wildman–Crippen LogP) is 1.26. The minimum atomic E-state index is -0.732. The first-order valence-corrected chi connectivity index (χ1v) is 9.46. The van der Waals surface area contributed by atoms with Gasteiger partial charge in [-0.25, -0.2) is 4.90 Å². The number of halogens is 1. The van der Waals surface area contributed by atoms with Gasteiger partial charge in [-0.2, -0.15) is 0 Å². The summed E-state index contributed by atoms with van der Waals surface area (Å²) in [6.45, 7) is 5.52. The number of benzene rings is 1. The van der Waals surface area contributed by atoms with E-state index >= 15 is 0 Å². The summed E-state index contributed by atoms with van der Waals surface area (Å²) in [5, 5.41) is 0. The number of carbonyl (C=O) groups is 3. The van der Waals surface area contributed by atoms with E-state index in [0.717, 1.165) is 17.6 Å². The van der Waals surface area contributed by atoms with Crippen molar-refractivity contribution >= 4 is 39.3 Å². The van der Waals surface area contributed by atoms with Gasteiger partial charge in [-0.05, 0) is 24.3 Å². The molecule has 1 atom stereocenters. The average molecular weight is 424 g/mol. The lowest BCUT2D eigenvalue weighted by atomic mass is 10.2. The zero-order valence-corrected chi connectivity index (χ0v) is 16.3. The van der Waals surface area contributed by atoms with E-state index in [0.29, 0.717) is 32.0 Å². The van der Waals surface area contributed by atoms with Gasteiger partial charge in [-0.3, -0.25) is 19.3 Å². The van der Waals surface area contributed by atoms with E-state index in [9.17, 15) is 14.4 Å². The van der Waals surface area contributed by atoms with Crippen LogP contribution >= 0.6 is 15.9 Å². The molecule has 2 fully saturated rings. The van der Waals surface area contributed by atoms with Gasteiger partial charge in [-0.15, -0.1) is 0 Å². The highest BCUT2D eigenvalue weighted by Crippen LogP contribution is 2.27. The Morgan fingerprint density at radius 1 is 1.23 bits per heavy atom. The topological polar surface area (TPSA) is 70.2 Å². The third kappa shape index (κ3) is 4.13. The second-order valence-electron chi connectivity index (χ2n) is 6.43. The molecule has 2 saturated heterocycles. The van der Waals surface area contributed by atoms with Gasteiger partial charge >= 0.3 is 0 Å². The van der Waals surface area contributed by atoms with Crippen molar-refractivity contribution in [1.29, 1.82) is 0 Å². The maximum absolute atomic E-state index is 12.9. The largest absolute Gasteiger partial charge is 0.379 e. The molecule has 8 heteroatoms. The van der Waals surface area contributed by atoms with Gasteiger partial charge in [0, 0.05) is 37.6 Å². The molecule has 0 aromatic heterocycles. The smallest absolute Gasteiger partial charge is 0.257 e. The number of hydrogen-bond acceptors (Lipinski definition) is 5. The number of carbonyl (C=O) groups excluding carboxylic acids is 3. The molecule has 1 aromatic rings. The van der Waals surface area contributed by atoms with Crippen molar-refractivity contribution in [3.05, 3.63) is 28.7 Å². The highest BCUT2D eigenvalue weighted by molar-refractivity contribution is 9.10. The van der Waals surface area contributed by atoms with Crippen molar-refractivity contribution in [3.63, 3.8) is 0 Å². The van der Waals surface area contributed by atoms with Gasteiger partial charge in [0.1, 0.15) is 6.04 Å². The summed E-state index contributed by atoms with van der Waals surface area (Å²) in [7, 11) is 0. The van der Waals surface area contributed by atoms with Crippen LogP contribution < -0.4 is 4.90 Å². The monoisotopic (exact) mass is 423 g/mol. The molecule has 1 unspecified atom stereocenters. The minimum absolute atomic E-state index is 0.0254. The summed E-state index contributed by atoms with van der Waals surface area (Å²) in [6.07, 6.45) is 0.0254. The van der Waals surface area contributed by atoms with E-state index in [1.54, 1.807) is 24.3 Å². The molecular formula is C18H22BrN3O4. The fraction of sp³-hybridized carbons (Fsp3) is 0.500. The van der Waals surface area contributed by atoms with E-state index in [2.05, 4.69) is 20.8 Å². The number of anilines is 1. The molecule has 0 bridgehead atoms. The molecule has 140 valence electrons. The summed E-state index contributed by atoms with van der Waals surface area (Å²) < 4.78 is 6.19. The Bertz CT molecular complexity index is 688. The first-order valence-electron chi connectivity index (χ1n) is 8.67. The number of hydrogen-bond donors (Lipinski definition) is 0. The summed E-state index contributed by atoms with van der Waals surface area (Å²) in [6, 6.07) is 6.27. The Morgan fingerprint density at radius 3 is 2.50 bits per heavy atom. The lowest BCUT2D eigenvalue weighted by molar-refractivity contribution is -0.136. The number of imide groups is 1. The highest BCUT2D eigenvalue weighted by atomic mass is 79.9. The fourth-order valence-corrected chi connectivity index (χ4v) is 3.59. The lowest BCUT2D eigenvalue weighted by Crippen LogP contribution is -2.49. The van der Waals surface area contributed by atoms with Crippen LogP contribution in [0.1, 0.15) is 13.3 Å². The van der Waals surface area contributed by atoms with Crippen LogP contribution in [-0.4, -0.2) is 73.0 Å². The van der Waals surface area contributed by atoms with Crippen molar-refractivity contribution in [2.24, 2.45) is 0 Å². The van der Waals surface area contributed by atoms with E-state index in [1.807, 2.05) is 0 Å².